The highest BCUT2D eigenvalue weighted by molar-refractivity contribution is 5.13. The molecule has 0 bridgehead atoms. The average Bonchev–Trinajstić information content (AvgIpc) is 2.37. The molecule has 1 aromatic carbocycles. The van der Waals surface area contributed by atoms with E-state index in [4.69, 9.17) is 4.74 Å². The highest BCUT2D eigenvalue weighted by Gasteiger charge is 2.01. The average molecular weight is 233 g/mol. The number of nitrogens with one attached hydrogen (secondary N) is 1. The Kier molecular flexibility index (Phi) is 6.60. The van der Waals surface area contributed by atoms with Crippen molar-refractivity contribution in [3.8, 4) is 0 Å². The molecular formula is C15H23NO. The first kappa shape index (κ1) is 13.9. The van der Waals surface area contributed by atoms with Gasteiger partial charge in [-0.2, -0.15) is 0 Å². The standard InChI is InChI=1S/C15H23NO/c1-4-13(2)10-16-14(3)11-17-12-15-8-6-5-7-9-15/h5-9,14,16H,2,4,10-12H2,1,3H3. The molecular weight excluding hydrogens is 210 g/mol. The Morgan fingerprint density at radius 1 is 1.35 bits per heavy atom. The van der Waals surface area contributed by atoms with Crippen LogP contribution in [0.15, 0.2) is 42.5 Å². The first-order valence-corrected chi connectivity index (χ1v) is 6.24. The summed E-state index contributed by atoms with van der Waals surface area (Å²) >= 11 is 0. The monoisotopic (exact) mass is 233 g/mol. The van der Waals surface area contributed by atoms with E-state index in [9.17, 15) is 0 Å². The van der Waals surface area contributed by atoms with Gasteiger partial charge in [-0.1, -0.05) is 49.4 Å². The molecule has 17 heavy (non-hydrogen) atoms. The van der Waals surface area contributed by atoms with E-state index in [1.807, 2.05) is 18.2 Å². The fourth-order valence-electron chi connectivity index (χ4n) is 1.43. The molecule has 0 saturated heterocycles. The largest absolute Gasteiger partial charge is 0.375 e. The number of benzene rings is 1. The van der Waals surface area contributed by atoms with Crippen LogP contribution in [0.4, 0.5) is 0 Å². The van der Waals surface area contributed by atoms with E-state index in [0.717, 1.165) is 19.6 Å². The summed E-state index contributed by atoms with van der Waals surface area (Å²) in [4.78, 5) is 0. The summed E-state index contributed by atoms with van der Waals surface area (Å²) < 4.78 is 5.66. The van der Waals surface area contributed by atoms with Crippen molar-refractivity contribution in [2.24, 2.45) is 0 Å². The zero-order valence-electron chi connectivity index (χ0n) is 10.9. The van der Waals surface area contributed by atoms with Crippen LogP contribution in [0.1, 0.15) is 25.8 Å². The van der Waals surface area contributed by atoms with Crippen LogP contribution in [0.3, 0.4) is 0 Å². The molecule has 0 saturated carbocycles. The van der Waals surface area contributed by atoms with Crippen molar-refractivity contribution in [2.75, 3.05) is 13.2 Å². The SMILES string of the molecule is C=C(CC)CNC(C)COCc1ccccc1. The van der Waals surface area contributed by atoms with E-state index < -0.39 is 0 Å². The summed E-state index contributed by atoms with van der Waals surface area (Å²) in [7, 11) is 0. The topological polar surface area (TPSA) is 21.3 Å². The number of hydrogen-bond donors (Lipinski definition) is 1. The van der Waals surface area contributed by atoms with Crippen LogP contribution in [0.5, 0.6) is 0 Å². The summed E-state index contributed by atoms with van der Waals surface area (Å²) in [6.45, 7) is 10.5. The second kappa shape index (κ2) is 8.04. The van der Waals surface area contributed by atoms with Crippen molar-refractivity contribution >= 4 is 0 Å². The lowest BCUT2D eigenvalue weighted by atomic mass is 10.2. The molecule has 0 fully saturated rings. The molecule has 1 N–H and O–H groups in total. The molecule has 1 atom stereocenters. The van der Waals surface area contributed by atoms with E-state index >= 15 is 0 Å². The number of hydrogen-bond acceptors (Lipinski definition) is 2. The Labute approximate surface area is 105 Å². The van der Waals surface area contributed by atoms with Crippen molar-refractivity contribution in [3.05, 3.63) is 48.0 Å². The first-order chi connectivity index (χ1) is 8.22. The van der Waals surface area contributed by atoms with Crippen LogP contribution < -0.4 is 5.32 Å². The predicted octanol–water partition coefficient (Wildman–Crippen LogP) is 3.15. The Hall–Kier alpha value is -1.12. The van der Waals surface area contributed by atoms with Gasteiger partial charge in [-0.15, -0.1) is 0 Å². The fourth-order valence-corrected chi connectivity index (χ4v) is 1.43. The van der Waals surface area contributed by atoms with E-state index in [2.05, 4.69) is 37.9 Å². The maximum atomic E-state index is 5.66. The highest BCUT2D eigenvalue weighted by atomic mass is 16.5. The van der Waals surface area contributed by atoms with Gasteiger partial charge < -0.3 is 10.1 Å². The molecule has 0 heterocycles. The van der Waals surface area contributed by atoms with E-state index in [1.165, 1.54) is 11.1 Å². The van der Waals surface area contributed by atoms with Crippen LogP contribution in [0, 0.1) is 0 Å². The van der Waals surface area contributed by atoms with Gasteiger partial charge >= 0.3 is 0 Å². The van der Waals surface area contributed by atoms with Gasteiger partial charge in [0.15, 0.2) is 0 Å². The van der Waals surface area contributed by atoms with Crippen molar-refractivity contribution in [1.82, 2.24) is 5.32 Å². The van der Waals surface area contributed by atoms with Crippen LogP contribution in [-0.4, -0.2) is 19.2 Å². The zero-order valence-corrected chi connectivity index (χ0v) is 10.9. The third-order valence-corrected chi connectivity index (χ3v) is 2.68. The Morgan fingerprint density at radius 3 is 2.71 bits per heavy atom. The molecule has 1 unspecified atom stereocenters. The third-order valence-electron chi connectivity index (χ3n) is 2.68. The predicted molar refractivity (Wildman–Crippen MR) is 73.0 cm³/mol. The molecule has 0 amide bonds. The van der Waals surface area contributed by atoms with Gasteiger partial charge in [0.2, 0.25) is 0 Å². The van der Waals surface area contributed by atoms with Crippen molar-refractivity contribution in [3.63, 3.8) is 0 Å². The lowest BCUT2D eigenvalue weighted by Gasteiger charge is -2.14. The highest BCUT2D eigenvalue weighted by Crippen LogP contribution is 2.01. The van der Waals surface area contributed by atoms with Gasteiger partial charge in [-0.25, -0.2) is 0 Å². The van der Waals surface area contributed by atoms with Crippen molar-refractivity contribution < 1.29 is 4.74 Å². The normalized spacial score (nSPS) is 12.4. The second-order valence-corrected chi connectivity index (χ2v) is 4.39. The molecule has 0 aromatic heterocycles. The van der Waals surface area contributed by atoms with Crippen molar-refractivity contribution in [1.29, 1.82) is 0 Å². The van der Waals surface area contributed by atoms with Crippen LogP contribution >= 0.6 is 0 Å². The molecule has 2 heteroatoms. The summed E-state index contributed by atoms with van der Waals surface area (Å²) in [5.74, 6) is 0. The smallest absolute Gasteiger partial charge is 0.0717 e. The first-order valence-electron chi connectivity index (χ1n) is 6.24. The van der Waals surface area contributed by atoms with E-state index in [1.54, 1.807) is 0 Å². The van der Waals surface area contributed by atoms with Crippen molar-refractivity contribution in [2.45, 2.75) is 32.9 Å². The third kappa shape index (κ3) is 6.25. The van der Waals surface area contributed by atoms with Crippen LogP contribution in [-0.2, 0) is 11.3 Å². The van der Waals surface area contributed by atoms with Gasteiger partial charge in [0, 0.05) is 12.6 Å². The Morgan fingerprint density at radius 2 is 2.06 bits per heavy atom. The van der Waals surface area contributed by atoms with Gasteiger partial charge in [0.25, 0.3) is 0 Å². The molecule has 0 aliphatic rings. The minimum atomic E-state index is 0.363. The second-order valence-electron chi connectivity index (χ2n) is 4.39. The molecule has 1 rings (SSSR count). The van der Waals surface area contributed by atoms with Crippen LogP contribution in [0.25, 0.3) is 0 Å². The van der Waals surface area contributed by atoms with Gasteiger partial charge in [0.05, 0.1) is 13.2 Å². The Balaban J connectivity index is 2.12. The van der Waals surface area contributed by atoms with E-state index in [-0.39, 0.29) is 0 Å². The maximum absolute atomic E-state index is 5.66. The Bertz CT molecular complexity index is 321. The molecule has 0 aliphatic heterocycles. The van der Waals surface area contributed by atoms with Gasteiger partial charge in [-0.05, 0) is 18.9 Å². The minimum Gasteiger partial charge on any atom is -0.375 e. The molecule has 1 aromatic rings. The lowest BCUT2D eigenvalue weighted by molar-refractivity contribution is 0.103. The van der Waals surface area contributed by atoms with Gasteiger partial charge in [0.1, 0.15) is 0 Å². The minimum absolute atomic E-state index is 0.363. The number of ether oxygens (including phenoxy) is 1. The fraction of sp³-hybridized carbons (Fsp3) is 0.467. The number of rotatable bonds is 8. The molecule has 2 nitrogen and oxygen atoms in total. The summed E-state index contributed by atoms with van der Waals surface area (Å²) in [5, 5.41) is 3.40. The molecule has 0 radical (unpaired) electrons. The zero-order chi connectivity index (χ0) is 12.5. The lowest BCUT2D eigenvalue weighted by Crippen LogP contribution is -2.31. The molecule has 0 aliphatic carbocycles. The quantitative estimate of drug-likeness (QED) is 0.696. The maximum Gasteiger partial charge on any atom is 0.0717 e. The summed E-state index contributed by atoms with van der Waals surface area (Å²) in [6.07, 6.45) is 1.03. The molecule has 0 spiro atoms. The van der Waals surface area contributed by atoms with Crippen LogP contribution in [0.2, 0.25) is 0 Å². The summed E-state index contributed by atoms with van der Waals surface area (Å²) in [6, 6.07) is 10.6. The molecule has 94 valence electrons. The van der Waals surface area contributed by atoms with Gasteiger partial charge in [-0.3, -0.25) is 0 Å². The van der Waals surface area contributed by atoms with E-state index in [0.29, 0.717) is 12.6 Å². The summed E-state index contributed by atoms with van der Waals surface area (Å²) in [5.41, 5.74) is 2.46.